The molecule has 0 fully saturated rings. The van der Waals surface area contributed by atoms with Crippen LogP contribution in [0.15, 0.2) is 12.3 Å². The zero-order valence-electron chi connectivity index (χ0n) is 11.3. The molecule has 0 aliphatic rings. The highest BCUT2D eigenvalue weighted by molar-refractivity contribution is 5.97. The number of rotatable bonds is 5. The van der Waals surface area contributed by atoms with Crippen molar-refractivity contribution in [2.24, 2.45) is 0 Å². The van der Waals surface area contributed by atoms with Crippen LogP contribution in [0.1, 0.15) is 17.3 Å². The molecule has 1 aromatic rings. The zero-order chi connectivity index (χ0) is 14.4. The maximum absolute atomic E-state index is 11.6. The first-order valence-corrected chi connectivity index (χ1v) is 5.81. The summed E-state index contributed by atoms with van der Waals surface area (Å²) >= 11 is 0. The van der Waals surface area contributed by atoms with Crippen LogP contribution in [0, 0.1) is 0 Å². The van der Waals surface area contributed by atoms with Crippen molar-refractivity contribution >= 4 is 23.4 Å². The summed E-state index contributed by atoms with van der Waals surface area (Å²) in [5, 5.41) is 2.81. The van der Waals surface area contributed by atoms with E-state index in [1.807, 2.05) is 6.92 Å². The first-order valence-electron chi connectivity index (χ1n) is 5.81. The van der Waals surface area contributed by atoms with Crippen molar-refractivity contribution in [3.63, 3.8) is 0 Å². The number of amides is 1. The second-order valence-corrected chi connectivity index (χ2v) is 3.87. The van der Waals surface area contributed by atoms with Gasteiger partial charge in [-0.1, -0.05) is 0 Å². The van der Waals surface area contributed by atoms with Gasteiger partial charge in [0.25, 0.3) is 0 Å². The molecule has 1 heterocycles. The number of carbonyl (C=O) groups excluding carboxylic acids is 2. The maximum atomic E-state index is 11.6. The van der Waals surface area contributed by atoms with Crippen LogP contribution in [-0.2, 0) is 9.53 Å². The molecule has 0 aliphatic heterocycles. The molecule has 0 spiro atoms. The molecular weight excluding hydrogens is 248 g/mol. The van der Waals surface area contributed by atoms with Crippen LogP contribution in [-0.4, -0.2) is 49.0 Å². The van der Waals surface area contributed by atoms with Crippen molar-refractivity contribution in [3.8, 4) is 0 Å². The summed E-state index contributed by atoms with van der Waals surface area (Å²) in [6.07, 6.45) is 1.43. The normalized spacial score (nSPS) is 9.84. The summed E-state index contributed by atoms with van der Waals surface area (Å²) in [5.74, 6) is -0.340. The number of aromatic nitrogens is 1. The van der Waals surface area contributed by atoms with Gasteiger partial charge < -0.3 is 20.7 Å². The van der Waals surface area contributed by atoms with Gasteiger partial charge >= 0.3 is 5.97 Å². The van der Waals surface area contributed by atoms with Crippen LogP contribution in [0.4, 0.5) is 11.5 Å². The SMILES string of the molecule is CCN(C)C(=O)CNc1nccc(C(=O)OC)c1N. The molecule has 1 amide bonds. The lowest BCUT2D eigenvalue weighted by atomic mass is 10.2. The first kappa shape index (κ1) is 14.7. The Morgan fingerprint density at radius 2 is 2.21 bits per heavy atom. The molecule has 1 rings (SSSR count). The van der Waals surface area contributed by atoms with Gasteiger partial charge in [-0.3, -0.25) is 4.79 Å². The van der Waals surface area contributed by atoms with E-state index in [1.54, 1.807) is 11.9 Å². The van der Waals surface area contributed by atoms with Gasteiger partial charge in [0.05, 0.1) is 24.9 Å². The Hall–Kier alpha value is -2.31. The van der Waals surface area contributed by atoms with Crippen molar-refractivity contribution < 1.29 is 14.3 Å². The molecule has 0 unspecified atom stereocenters. The minimum absolute atomic E-state index is 0.0617. The van der Waals surface area contributed by atoms with E-state index < -0.39 is 5.97 Å². The van der Waals surface area contributed by atoms with Crippen molar-refractivity contribution in [3.05, 3.63) is 17.8 Å². The molecule has 7 nitrogen and oxygen atoms in total. The molecule has 0 bridgehead atoms. The minimum atomic E-state index is -0.542. The molecule has 0 saturated heterocycles. The molecule has 19 heavy (non-hydrogen) atoms. The molecule has 1 aromatic heterocycles. The van der Waals surface area contributed by atoms with E-state index in [1.165, 1.54) is 19.4 Å². The zero-order valence-corrected chi connectivity index (χ0v) is 11.3. The van der Waals surface area contributed by atoms with Crippen LogP contribution >= 0.6 is 0 Å². The average molecular weight is 266 g/mol. The topological polar surface area (TPSA) is 97.5 Å². The number of nitrogen functional groups attached to an aromatic ring is 1. The number of nitrogens with two attached hydrogens (primary N) is 1. The highest BCUT2D eigenvalue weighted by atomic mass is 16.5. The number of pyridine rings is 1. The molecule has 3 N–H and O–H groups in total. The summed E-state index contributed by atoms with van der Waals surface area (Å²) in [6, 6.07) is 1.46. The van der Waals surface area contributed by atoms with E-state index in [9.17, 15) is 9.59 Å². The number of esters is 1. The van der Waals surface area contributed by atoms with Crippen molar-refractivity contribution in [1.82, 2.24) is 9.88 Å². The number of hydrogen-bond acceptors (Lipinski definition) is 6. The Bertz CT molecular complexity index is 476. The average Bonchev–Trinajstić information content (AvgIpc) is 2.44. The maximum Gasteiger partial charge on any atom is 0.340 e. The number of nitrogens with one attached hydrogen (secondary N) is 1. The third kappa shape index (κ3) is 3.57. The standard InChI is InChI=1S/C12H18N4O3/c1-4-16(2)9(17)7-15-11-10(13)8(5-6-14-11)12(18)19-3/h5-6H,4,7,13H2,1-3H3,(H,14,15). The Labute approximate surface area is 111 Å². The third-order valence-corrected chi connectivity index (χ3v) is 2.70. The van der Waals surface area contributed by atoms with Gasteiger partial charge in [0.2, 0.25) is 5.91 Å². The fraction of sp³-hybridized carbons (Fsp3) is 0.417. The largest absolute Gasteiger partial charge is 0.465 e. The predicted octanol–water partition coefficient (Wildman–Crippen LogP) is 0.341. The number of likely N-dealkylation sites (N-methyl/N-ethyl adjacent to an activating group) is 1. The van der Waals surface area contributed by atoms with E-state index in [0.717, 1.165) is 0 Å². The summed E-state index contributed by atoms with van der Waals surface area (Å²) < 4.78 is 4.60. The summed E-state index contributed by atoms with van der Waals surface area (Å²) in [5.41, 5.74) is 6.19. The number of ether oxygens (including phenoxy) is 1. The van der Waals surface area contributed by atoms with Crippen LogP contribution < -0.4 is 11.1 Å². The Kier molecular flexibility index (Phi) is 5.11. The van der Waals surface area contributed by atoms with Gasteiger partial charge in [-0.25, -0.2) is 9.78 Å². The van der Waals surface area contributed by atoms with Crippen molar-refractivity contribution in [2.45, 2.75) is 6.92 Å². The lowest BCUT2D eigenvalue weighted by Gasteiger charge is -2.16. The van der Waals surface area contributed by atoms with Gasteiger partial charge in [0.15, 0.2) is 0 Å². The van der Waals surface area contributed by atoms with Crippen molar-refractivity contribution in [2.75, 3.05) is 38.3 Å². The molecular formula is C12H18N4O3. The van der Waals surface area contributed by atoms with Gasteiger partial charge in [-0.15, -0.1) is 0 Å². The van der Waals surface area contributed by atoms with Crippen LogP contribution in [0.25, 0.3) is 0 Å². The fourth-order valence-electron chi connectivity index (χ4n) is 1.37. The lowest BCUT2D eigenvalue weighted by molar-refractivity contribution is -0.127. The molecule has 0 aromatic carbocycles. The number of anilines is 2. The highest BCUT2D eigenvalue weighted by Gasteiger charge is 2.14. The Morgan fingerprint density at radius 3 is 2.79 bits per heavy atom. The second-order valence-electron chi connectivity index (χ2n) is 3.87. The first-order chi connectivity index (χ1) is 9.01. The van der Waals surface area contributed by atoms with E-state index in [0.29, 0.717) is 12.4 Å². The monoisotopic (exact) mass is 266 g/mol. The van der Waals surface area contributed by atoms with E-state index in [2.05, 4.69) is 15.0 Å². The molecule has 0 radical (unpaired) electrons. The number of carbonyl (C=O) groups is 2. The molecule has 0 atom stereocenters. The van der Waals surface area contributed by atoms with Gasteiger partial charge in [0, 0.05) is 19.8 Å². The van der Waals surface area contributed by atoms with E-state index in [4.69, 9.17) is 5.73 Å². The van der Waals surface area contributed by atoms with Crippen LogP contribution in [0.2, 0.25) is 0 Å². The predicted molar refractivity (Wildman–Crippen MR) is 71.8 cm³/mol. The number of hydrogen-bond donors (Lipinski definition) is 2. The summed E-state index contributed by atoms with van der Waals surface area (Å²) in [7, 11) is 2.97. The van der Waals surface area contributed by atoms with Crippen LogP contribution in [0.3, 0.4) is 0 Å². The second kappa shape index (κ2) is 6.58. The quantitative estimate of drug-likeness (QED) is 0.746. The van der Waals surface area contributed by atoms with Gasteiger partial charge in [-0.2, -0.15) is 0 Å². The van der Waals surface area contributed by atoms with Crippen LogP contribution in [0.5, 0.6) is 0 Å². The molecule has 7 heteroatoms. The molecule has 0 aliphatic carbocycles. The van der Waals surface area contributed by atoms with E-state index in [-0.39, 0.29) is 23.7 Å². The lowest BCUT2D eigenvalue weighted by Crippen LogP contribution is -2.32. The summed E-state index contributed by atoms with van der Waals surface area (Å²) in [4.78, 5) is 28.6. The Balaban J connectivity index is 2.80. The van der Waals surface area contributed by atoms with Crippen molar-refractivity contribution in [1.29, 1.82) is 0 Å². The van der Waals surface area contributed by atoms with E-state index >= 15 is 0 Å². The summed E-state index contributed by atoms with van der Waals surface area (Å²) in [6.45, 7) is 2.56. The minimum Gasteiger partial charge on any atom is -0.465 e. The highest BCUT2D eigenvalue weighted by Crippen LogP contribution is 2.20. The third-order valence-electron chi connectivity index (χ3n) is 2.70. The van der Waals surface area contributed by atoms with Gasteiger partial charge in [-0.05, 0) is 13.0 Å². The fourth-order valence-corrected chi connectivity index (χ4v) is 1.37. The smallest absolute Gasteiger partial charge is 0.340 e. The number of nitrogens with zero attached hydrogens (tertiary/aromatic N) is 2. The number of methoxy groups -OCH3 is 1. The Morgan fingerprint density at radius 1 is 1.53 bits per heavy atom. The van der Waals surface area contributed by atoms with Gasteiger partial charge in [0.1, 0.15) is 5.82 Å². The molecule has 104 valence electrons. The molecule has 0 saturated carbocycles.